The van der Waals surface area contributed by atoms with Crippen LogP contribution >= 0.6 is 0 Å². The van der Waals surface area contributed by atoms with Gasteiger partial charge in [-0.2, -0.15) is 0 Å². The van der Waals surface area contributed by atoms with Gasteiger partial charge in [0.15, 0.2) is 0 Å². The van der Waals surface area contributed by atoms with Crippen molar-refractivity contribution in [3.8, 4) is 0 Å². The minimum Gasteiger partial charge on any atom is -0.381 e. The number of morpholine rings is 1. The molecule has 0 bridgehead atoms. The highest BCUT2D eigenvalue weighted by Gasteiger charge is 2.39. The second kappa shape index (κ2) is 9.52. The Kier molecular flexibility index (Phi) is 4.58. The smallest absolute Gasteiger partial charge is 0.255 e. The number of rotatable bonds is 6. The zero-order valence-electron chi connectivity index (χ0n) is 24.2. The van der Waals surface area contributed by atoms with Crippen molar-refractivity contribution in [2.75, 3.05) is 31.6 Å². The molecule has 3 aliphatic heterocycles. The molecule has 3 aliphatic rings. The molecule has 1 atom stereocenters. The van der Waals surface area contributed by atoms with Crippen LogP contribution in [0.2, 0.25) is 0 Å². The van der Waals surface area contributed by atoms with Gasteiger partial charge in [-0.25, -0.2) is 4.39 Å². The summed E-state index contributed by atoms with van der Waals surface area (Å²) in [4.78, 5) is 40.5. The highest BCUT2D eigenvalue weighted by Crippen LogP contribution is 2.32. The number of nitrogens with one attached hydrogen (secondary N) is 2. The molecule has 2 N–H and O–H groups in total. The van der Waals surface area contributed by atoms with E-state index in [9.17, 15) is 18.8 Å². The van der Waals surface area contributed by atoms with Crippen molar-refractivity contribution in [1.29, 1.82) is 0 Å². The normalized spacial score (nSPS) is 28.0. The lowest BCUT2D eigenvalue weighted by atomic mass is 10.0. The zero-order valence-corrected chi connectivity index (χ0v) is 18.2. The highest BCUT2D eigenvalue weighted by atomic mass is 19.1. The number of halogens is 1. The number of amides is 3. The lowest BCUT2D eigenvalue weighted by Gasteiger charge is -2.29. The molecule has 34 heavy (non-hydrogen) atoms. The molecule has 0 aromatic heterocycles. The first kappa shape index (κ1) is 16.3. The number of carbonyl (C=O) groups excluding carboxylic acids is 3. The van der Waals surface area contributed by atoms with Crippen LogP contribution in [0.5, 0.6) is 0 Å². The van der Waals surface area contributed by atoms with Gasteiger partial charge in [-0.1, -0.05) is 18.2 Å². The van der Waals surface area contributed by atoms with Crippen LogP contribution in [0.4, 0.5) is 10.1 Å². The van der Waals surface area contributed by atoms with Gasteiger partial charge >= 0.3 is 0 Å². The van der Waals surface area contributed by atoms with E-state index in [1.165, 1.54) is 24.3 Å². The van der Waals surface area contributed by atoms with Crippen LogP contribution in [-0.2, 0) is 33.9 Å². The zero-order chi connectivity index (χ0) is 29.0. The number of hydrogen-bond donors (Lipinski definition) is 2. The second-order valence-corrected chi connectivity index (χ2v) is 8.17. The molecule has 0 spiro atoms. The van der Waals surface area contributed by atoms with Crippen molar-refractivity contribution < 1.29 is 31.7 Å². The number of carbonyl (C=O) groups is 3. The quantitative estimate of drug-likeness (QED) is 0.626. The van der Waals surface area contributed by atoms with Gasteiger partial charge in [-0.3, -0.25) is 24.6 Å². The van der Waals surface area contributed by atoms with E-state index in [2.05, 4.69) is 10.2 Å². The van der Waals surface area contributed by atoms with E-state index >= 15 is 0 Å². The van der Waals surface area contributed by atoms with Gasteiger partial charge in [-0.15, -0.1) is 0 Å². The van der Waals surface area contributed by atoms with E-state index in [0.717, 1.165) is 18.7 Å². The molecule has 0 saturated carbocycles. The van der Waals surface area contributed by atoms with E-state index in [1.54, 1.807) is 17.4 Å². The van der Waals surface area contributed by atoms with Gasteiger partial charge < -0.3 is 15.0 Å². The summed E-state index contributed by atoms with van der Waals surface area (Å²) >= 11 is 0. The van der Waals surface area contributed by atoms with Crippen LogP contribution in [0, 0.1) is 5.82 Å². The van der Waals surface area contributed by atoms with Crippen molar-refractivity contribution in [2.45, 2.75) is 38.4 Å². The maximum atomic E-state index is 15.0. The second-order valence-electron chi connectivity index (χ2n) is 8.17. The standard InChI is InChI=1S/C25H27FN4O4/c26-20-12-16(14-29-8-10-34-11-9-29)4-5-17(20)13-27-21-3-1-2-18-19(21)15-30(25(18)33)22-6-7-23(31)28-24(22)32/h1-5,12,22,27H,6-11,13-15H2,(H,28,31,32)/i6D2,7D2,15D2. The fourth-order valence-electron chi connectivity index (χ4n) is 4.11. The van der Waals surface area contributed by atoms with Crippen molar-refractivity contribution in [3.05, 3.63) is 64.5 Å². The number of benzene rings is 2. The van der Waals surface area contributed by atoms with Crippen LogP contribution < -0.4 is 10.6 Å². The molecule has 5 rings (SSSR count). The molecular formula is C25H27FN4O4. The van der Waals surface area contributed by atoms with E-state index in [0.29, 0.717) is 30.2 Å². The van der Waals surface area contributed by atoms with Crippen LogP contribution in [0.15, 0.2) is 36.4 Å². The first-order valence-electron chi connectivity index (χ1n) is 13.9. The maximum absolute atomic E-state index is 15.0. The minimum absolute atomic E-state index is 0.0633. The Labute approximate surface area is 205 Å². The van der Waals surface area contributed by atoms with Crippen molar-refractivity contribution in [1.82, 2.24) is 15.1 Å². The van der Waals surface area contributed by atoms with Crippen molar-refractivity contribution in [2.24, 2.45) is 0 Å². The maximum Gasteiger partial charge on any atom is 0.255 e. The van der Waals surface area contributed by atoms with E-state index < -0.39 is 48.8 Å². The molecule has 8 nitrogen and oxygen atoms in total. The van der Waals surface area contributed by atoms with E-state index in [1.807, 2.05) is 0 Å². The summed E-state index contributed by atoms with van der Waals surface area (Å²) in [5.74, 6) is -4.35. The van der Waals surface area contributed by atoms with Gasteiger partial charge in [0.2, 0.25) is 11.8 Å². The molecule has 1 unspecified atom stereocenters. The minimum atomic E-state index is -3.24. The molecule has 3 amide bonds. The van der Waals surface area contributed by atoms with Crippen LogP contribution in [0.3, 0.4) is 0 Å². The van der Waals surface area contributed by atoms with Gasteiger partial charge in [0, 0.05) is 66.9 Å². The number of fused-ring (bicyclic) bond motifs is 1. The Morgan fingerprint density at radius 1 is 1.18 bits per heavy atom. The molecular weight excluding hydrogens is 439 g/mol. The predicted octanol–water partition coefficient (Wildman–Crippen LogP) is 2.03. The summed E-state index contributed by atoms with van der Waals surface area (Å²) in [5.41, 5.74) is 0.827. The summed E-state index contributed by atoms with van der Waals surface area (Å²) in [6.45, 7) is 0.499. The first-order valence-corrected chi connectivity index (χ1v) is 10.9. The largest absolute Gasteiger partial charge is 0.381 e. The Bertz CT molecular complexity index is 1390. The Hall–Kier alpha value is -3.30. The van der Waals surface area contributed by atoms with Crippen molar-refractivity contribution >= 4 is 23.4 Å². The average molecular weight is 473 g/mol. The summed E-state index contributed by atoms with van der Waals surface area (Å²) < 4.78 is 70.1. The van der Waals surface area contributed by atoms with Gasteiger partial charge in [0.25, 0.3) is 5.91 Å². The first-order chi connectivity index (χ1) is 18.8. The average Bonchev–Trinajstić information content (AvgIpc) is 3.09. The summed E-state index contributed by atoms with van der Waals surface area (Å²) in [5, 5.41) is 4.66. The van der Waals surface area contributed by atoms with E-state index in [4.69, 9.17) is 13.0 Å². The predicted molar refractivity (Wildman–Crippen MR) is 122 cm³/mol. The molecule has 3 heterocycles. The molecule has 2 aromatic carbocycles. The summed E-state index contributed by atoms with van der Waals surface area (Å²) in [6, 6.07) is 6.81. The Morgan fingerprint density at radius 3 is 2.79 bits per heavy atom. The molecule has 9 heteroatoms. The van der Waals surface area contributed by atoms with Gasteiger partial charge in [0.1, 0.15) is 11.9 Å². The number of hydrogen-bond acceptors (Lipinski definition) is 6. The molecule has 0 aliphatic carbocycles. The van der Waals surface area contributed by atoms with Gasteiger partial charge in [0.05, 0.1) is 16.0 Å². The lowest BCUT2D eigenvalue weighted by molar-refractivity contribution is -0.136. The lowest BCUT2D eigenvalue weighted by Crippen LogP contribution is -2.52. The van der Waals surface area contributed by atoms with Crippen molar-refractivity contribution in [3.63, 3.8) is 0 Å². The summed E-state index contributed by atoms with van der Waals surface area (Å²) in [7, 11) is 0. The monoisotopic (exact) mass is 472 g/mol. The molecule has 178 valence electrons. The number of imide groups is 1. The third kappa shape index (κ3) is 4.53. The van der Waals surface area contributed by atoms with Crippen LogP contribution in [0.1, 0.15) is 48.0 Å². The molecule has 0 radical (unpaired) electrons. The third-order valence-corrected chi connectivity index (χ3v) is 5.91. The van der Waals surface area contributed by atoms with Crippen LogP contribution in [0.25, 0.3) is 0 Å². The SMILES string of the molecule is [2H]C1([2H])c2c(NCc3ccc(CN4CCOCC4)cc3F)cccc2C(=O)N1C1C(=O)NC(=O)C([2H])([2H])C1([2H])[2H]. The summed E-state index contributed by atoms with van der Waals surface area (Å²) in [6.07, 6.45) is -6.46. The van der Waals surface area contributed by atoms with E-state index in [-0.39, 0.29) is 23.4 Å². The number of piperidine rings is 1. The Morgan fingerprint density at radius 2 is 2.00 bits per heavy atom. The fourth-order valence-corrected chi connectivity index (χ4v) is 4.11. The topological polar surface area (TPSA) is 91.0 Å². The third-order valence-electron chi connectivity index (χ3n) is 5.91. The highest BCUT2D eigenvalue weighted by molar-refractivity contribution is 6.06. The number of ether oxygens (including phenoxy) is 1. The molecule has 2 fully saturated rings. The fraction of sp³-hybridized carbons (Fsp3) is 0.400. The molecule has 2 saturated heterocycles. The molecule has 2 aromatic rings. The van der Waals surface area contributed by atoms with Crippen LogP contribution in [-0.4, -0.2) is 59.9 Å². The number of nitrogens with zero attached hydrogens (tertiary/aromatic N) is 2. The number of anilines is 1. The van der Waals surface area contributed by atoms with Gasteiger partial charge in [-0.05, 0) is 30.1 Å². The Balaban J connectivity index is 1.40.